The summed E-state index contributed by atoms with van der Waals surface area (Å²) in [6.45, 7) is 8.35. The summed E-state index contributed by atoms with van der Waals surface area (Å²) in [6, 6.07) is 11.7. The second-order valence-corrected chi connectivity index (χ2v) is 7.46. The number of ether oxygens (including phenoxy) is 2. The van der Waals surface area contributed by atoms with E-state index in [1.807, 2.05) is 64.2 Å². The molecular formula is C23H26ClN3O3. The maximum Gasteiger partial charge on any atom is 0.411 e. The normalized spacial score (nSPS) is 10.7. The second kappa shape index (κ2) is 9.22. The average Bonchev–Trinajstić information content (AvgIpc) is 2.96. The number of anilines is 1. The van der Waals surface area contributed by atoms with Gasteiger partial charge in [-0.3, -0.25) is 10.00 Å². The fourth-order valence-corrected chi connectivity index (χ4v) is 3.41. The Morgan fingerprint density at radius 3 is 2.57 bits per heavy atom. The molecule has 0 aliphatic heterocycles. The van der Waals surface area contributed by atoms with Crippen LogP contribution in [0.3, 0.4) is 0 Å². The second-order valence-electron chi connectivity index (χ2n) is 7.10. The molecule has 1 heterocycles. The Labute approximate surface area is 181 Å². The van der Waals surface area contributed by atoms with Crippen molar-refractivity contribution >= 4 is 23.4 Å². The summed E-state index contributed by atoms with van der Waals surface area (Å²) < 4.78 is 12.8. The first kappa shape index (κ1) is 21.7. The van der Waals surface area contributed by atoms with E-state index in [0.29, 0.717) is 24.1 Å². The minimum Gasteiger partial charge on any atom is -0.489 e. The van der Waals surface area contributed by atoms with Gasteiger partial charge in [0.15, 0.2) is 0 Å². The Hall–Kier alpha value is -2.99. The number of carbonyl (C=O) groups excluding carboxylic acids is 1. The minimum atomic E-state index is -0.478. The van der Waals surface area contributed by atoms with E-state index in [1.165, 1.54) is 0 Å². The number of hydrogen-bond acceptors (Lipinski definition) is 4. The Morgan fingerprint density at radius 1 is 1.17 bits per heavy atom. The highest BCUT2D eigenvalue weighted by molar-refractivity contribution is 6.30. The van der Waals surface area contributed by atoms with Gasteiger partial charge in [0, 0.05) is 23.7 Å². The molecule has 3 aromatic rings. The van der Waals surface area contributed by atoms with Gasteiger partial charge in [-0.2, -0.15) is 5.10 Å². The third-order valence-corrected chi connectivity index (χ3v) is 5.47. The number of aromatic nitrogens is 2. The fraction of sp³-hybridized carbons (Fsp3) is 0.304. The summed E-state index contributed by atoms with van der Waals surface area (Å²) in [4.78, 5) is 11.8. The van der Waals surface area contributed by atoms with Gasteiger partial charge in [-0.05, 0) is 63.1 Å². The van der Waals surface area contributed by atoms with Crippen LogP contribution in [0.1, 0.15) is 29.2 Å². The van der Waals surface area contributed by atoms with Crippen molar-refractivity contribution in [2.45, 2.75) is 34.3 Å². The topological polar surface area (TPSA) is 65.4 Å². The number of aryl methyl sites for hydroxylation is 3. The van der Waals surface area contributed by atoms with Gasteiger partial charge < -0.3 is 9.47 Å². The molecule has 1 amide bonds. The van der Waals surface area contributed by atoms with Crippen LogP contribution < -0.4 is 10.1 Å². The third-order valence-electron chi connectivity index (χ3n) is 4.94. The zero-order chi connectivity index (χ0) is 21.8. The average molecular weight is 428 g/mol. The molecule has 30 heavy (non-hydrogen) atoms. The predicted molar refractivity (Wildman–Crippen MR) is 119 cm³/mol. The zero-order valence-corrected chi connectivity index (χ0v) is 18.6. The SMILES string of the molecule is CCOC(=O)Nc1cccc(C)c1COc1ccc(-c2nn(C)c(Cl)c2C)cc1C. The Bertz CT molecular complexity index is 1080. The quantitative estimate of drug-likeness (QED) is 0.538. The molecule has 0 atom stereocenters. The summed E-state index contributed by atoms with van der Waals surface area (Å²) in [5, 5.41) is 7.91. The number of nitrogens with zero attached hydrogens (tertiary/aromatic N) is 2. The molecule has 1 N–H and O–H groups in total. The Morgan fingerprint density at radius 2 is 1.93 bits per heavy atom. The van der Waals surface area contributed by atoms with Gasteiger partial charge in [0.2, 0.25) is 0 Å². The van der Waals surface area contributed by atoms with Crippen molar-refractivity contribution < 1.29 is 14.3 Å². The van der Waals surface area contributed by atoms with Crippen LogP contribution in [-0.2, 0) is 18.4 Å². The highest BCUT2D eigenvalue weighted by Crippen LogP contribution is 2.31. The largest absolute Gasteiger partial charge is 0.489 e. The maximum atomic E-state index is 11.8. The molecule has 1 aromatic heterocycles. The van der Waals surface area contributed by atoms with Crippen LogP contribution in [-0.4, -0.2) is 22.5 Å². The first-order chi connectivity index (χ1) is 14.3. The van der Waals surface area contributed by atoms with Crippen molar-refractivity contribution in [2.75, 3.05) is 11.9 Å². The fourth-order valence-electron chi connectivity index (χ4n) is 3.28. The van der Waals surface area contributed by atoms with Crippen LogP contribution in [0.5, 0.6) is 5.75 Å². The van der Waals surface area contributed by atoms with E-state index in [0.717, 1.165) is 39.3 Å². The molecule has 6 nitrogen and oxygen atoms in total. The lowest BCUT2D eigenvalue weighted by atomic mass is 10.1. The molecule has 0 radical (unpaired) electrons. The molecule has 0 saturated carbocycles. The molecule has 0 bridgehead atoms. The smallest absolute Gasteiger partial charge is 0.411 e. The molecule has 0 aliphatic rings. The van der Waals surface area contributed by atoms with Crippen molar-refractivity contribution in [1.82, 2.24) is 9.78 Å². The van der Waals surface area contributed by atoms with Crippen LogP contribution >= 0.6 is 11.6 Å². The van der Waals surface area contributed by atoms with E-state index >= 15 is 0 Å². The van der Waals surface area contributed by atoms with Crippen LogP contribution in [0.15, 0.2) is 36.4 Å². The Balaban J connectivity index is 1.80. The van der Waals surface area contributed by atoms with Crippen LogP contribution in [0.25, 0.3) is 11.3 Å². The Kier molecular flexibility index (Phi) is 6.67. The number of amides is 1. The van der Waals surface area contributed by atoms with E-state index in [-0.39, 0.29) is 0 Å². The first-order valence-electron chi connectivity index (χ1n) is 9.77. The highest BCUT2D eigenvalue weighted by Gasteiger charge is 2.14. The summed E-state index contributed by atoms with van der Waals surface area (Å²) in [5.41, 5.74) is 6.39. The summed E-state index contributed by atoms with van der Waals surface area (Å²) in [6.07, 6.45) is -0.478. The van der Waals surface area contributed by atoms with Crippen molar-refractivity contribution in [3.05, 3.63) is 63.8 Å². The summed E-state index contributed by atoms with van der Waals surface area (Å²) in [5.74, 6) is 0.767. The van der Waals surface area contributed by atoms with Gasteiger partial charge in [-0.15, -0.1) is 0 Å². The molecule has 0 aliphatic carbocycles. The van der Waals surface area contributed by atoms with Gasteiger partial charge in [0.05, 0.1) is 18.0 Å². The van der Waals surface area contributed by atoms with Gasteiger partial charge in [-0.1, -0.05) is 23.7 Å². The standard InChI is InChI=1S/C23H26ClN3O3/c1-6-29-23(28)25-19-9-7-8-14(2)18(19)13-30-20-11-10-17(12-15(20)3)21-16(4)22(24)27(5)26-21/h7-12H,6,13H2,1-5H3,(H,25,28). The van der Waals surface area contributed by atoms with Gasteiger partial charge >= 0.3 is 6.09 Å². The minimum absolute atomic E-state index is 0.315. The van der Waals surface area contributed by atoms with Gasteiger partial charge in [0.1, 0.15) is 17.5 Å². The lowest BCUT2D eigenvalue weighted by Gasteiger charge is -2.16. The molecule has 0 saturated heterocycles. The van der Waals surface area contributed by atoms with E-state index in [4.69, 9.17) is 21.1 Å². The van der Waals surface area contributed by atoms with Gasteiger partial charge in [-0.25, -0.2) is 4.79 Å². The molecule has 0 fully saturated rings. The molecule has 2 aromatic carbocycles. The molecule has 158 valence electrons. The van der Waals surface area contributed by atoms with E-state index in [1.54, 1.807) is 11.6 Å². The number of carbonyl (C=O) groups is 1. The highest BCUT2D eigenvalue weighted by atomic mass is 35.5. The van der Waals surface area contributed by atoms with Crippen molar-refractivity contribution in [2.24, 2.45) is 7.05 Å². The first-order valence-corrected chi connectivity index (χ1v) is 10.1. The number of hydrogen-bond donors (Lipinski definition) is 1. The van der Waals surface area contributed by atoms with Crippen LogP contribution in [0, 0.1) is 20.8 Å². The van der Waals surface area contributed by atoms with Gasteiger partial charge in [0.25, 0.3) is 0 Å². The lowest BCUT2D eigenvalue weighted by molar-refractivity contribution is 0.168. The van der Waals surface area contributed by atoms with E-state index in [2.05, 4.69) is 10.4 Å². The van der Waals surface area contributed by atoms with E-state index in [9.17, 15) is 4.79 Å². The van der Waals surface area contributed by atoms with Crippen LogP contribution in [0.4, 0.5) is 10.5 Å². The van der Waals surface area contributed by atoms with Crippen molar-refractivity contribution in [3.8, 4) is 17.0 Å². The third kappa shape index (κ3) is 4.60. The lowest BCUT2D eigenvalue weighted by Crippen LogP contribution is -2.15. The number of halogens is 1. The molecular weight excluding hydrogens is 402 g/mol. The number of nitrogens with one attached hydrogen (secondary N) is 1. The molecule has 3 rings (SSSR count). The van der Waals surface area contributed by atoms with Crippen LogP contribution in [0.2, 0.25) is 5.15 Å². The monoisotopic (exact) mass is 427 g/mol. The zero-order valence-electron chi connectivity index (χ0n) is 17.9. The van der Waals surface area contributed by atoms with E-state index < -0.39 is 6.09 Å². The number of rotatable bonds is 6. The van der Waals surface area contributed by atoms with Crippen molar-refractivity contribution in [3.63, 3.8) is 0 Å². The molecule has 0 spiro atoms. The number of benzene rings is 2. The predicted octanol–water partition coefficient (Wildman–Crippen LogP) is 5.81. The van der Waals surface area contributed by atoms with Crippen molar-refractivity contribution in [1.29, 1.82) is 0 Å². The summed E-state index contributed by atoms with van der Waals surface area (Å²) >= 11 is 6.26. The maximum absolute atomic E-state index is 11.8. The summed E-state index contributed by atoms with van der Waals surface area (Å²) in [7, 11) is 1.83. The molecule has 7 heteroatoms. The molecule has 0 unspecified atom stereocenters.